The number of carbonyl (C=O) groups is 3. The molecule has 0 bridgehead atoms. The average molecular weight is 582 g/mol. The van der Waals surface area contributed by atoms with Crippen molar-refractivity contribution in [2.75, 3.05) is 18.9 Å². The Morgan fingerprint density at radius 2 is 1.58 bits per heavy atom. The third kappa shape index (κ3) is 7.76. The fourth-order valence-electron chi connectivity index (χ4n) is 3.90. The SMILES string of the molecule is CCC(C(=O)OCCOC(=O)c1cc(Br)c(N)c(CNC(C)C)c1)c1cccc(C(=O)c2ccccc2)c1. The van der Waals surface area contributed by atoms with E-state index in [2.05, 4.69) is 21.2 Å². The maximum atomic E-state index is 12.8. The molecule has 0 heterocycles. The number of anilines is 1. The van der Waals surface area contributed by atoms with Crippen molar-refractivity contribution in [3.63, 3.8) is 0 Å². The Morgan fingerprint density at radius 1 is 0.895 bits per heavy atom. The molecule has 0 aromatic heterocycles. The van der Waals surface area contributed by atoms with Crippen LogP contribution in [-0.2, 0) is 20.8 Å². The highest BCUT2D eigenvalue weighted by Gasteiger charge is 2.22. The summed E-state index contributed by atoms with van der Waals surface area (Å²) >= 11 is 3.40. The minimum atomic E-state index is -0.543. The molecule has 0 saturated heterocycles. The minimum Gasteiger partial charge on any atom is -0.462 e. The maximum Gasteiger partial charge on any atom is 0.338 e. The van der Waals surface area contributed by atoms with Crippen LogP contribution in [0.3, 0.4) is 0 Å². The first-order valence-electron chi connectivity index (χ1n) is 12.6. The van der Waals surface area contributed by atoms with Crippen LogP contribution >= 0.6 is 15.9 Å². The van der Waals surface area contributed by atoms with Gasteiger partial charge in [-0.3, -0.25) is 9.59 Å². The highest BCUT2D eigenvalue weighted by Crippen LogP contribution is 2.26. The average Bonchev–Trinajstić information content (AvgIpc) is 2.92. The molecule has 0 spiro atoms. The lowest BCUT2D eigenvalue weighted by molar-refractivity contribution is -0.146. The van der Waals surface area contributed by atoms with Crippen LogP contribution in [0.2, 0.25) is 0 Å². The van der Waals surface area contributed by atoms with Crippen molar-refractivity contribution in [1.29, 1.82) is 0 Å². The number of hydrogen-bond donors (Lipinski definition) is 2. The molecule has 7 nitrogen and oxygen atoms in total. The standard InChI is InChI=1S/C30H33BrN2O5/c1-4-25(21-11-8-12-22(15-21)28(34)20-9-6-5-7-10-20)30(36)38-14-13-37-29(35)23-16-24(18-33-19(2)3)27(32)26(31)17-23/h5-12,15-17,19,25,33H,4,13-14,18,32H2,1-3H3. The van der Waals surface area contributed by atoms with Crippen molar-refractivity contribution < 1.29 is 23.9 Å². The van der Waals surface area contributed by atoms with Gasteiger partial charge in [0.2, 0.25) is 0 Å². The number of carbonyl (C=O) groups excluding carboxylic acids is 3. The van der Waals surface area contributed by atoms with Crippen molar-refractivity contribution in [2.45, 2.75) is 45.7 Å². The van der Waals surface area contributed by atoms with Gasteiger partial charge < -0.3 is 20.5 Å². The zero-order chi connectivity index (χ0) is 27.7. The van der Waals surface area contributed by atoms with Crippen LogP contribution in [0, 0.1) is 0 Å². The van der Waals surface area contributed by atoms with Gasteiger partial charge in [-0.25, -0.2) is 4.79 Å². The molecule has 38 heavy (non-hydrogen) atoms. The van der Waals surface area contributed by atoms with Crippen molar-refractivity contribution in [2.24, 2.45) is 0 Å². The molecule has 0 amide bonds. The zero-order valence-electron chi connectivity index (χ0n) is 21.8. The molecular weight excluding hydrogens is 548 g/mol. The molecule has 0 aliphatic heterocycles. The Hall–Kier alpha value is -3.49. The summed E-state index contributed by atoms with van der Waals surface area (Å²) in [7, 11) is 0. The van der Waals surface area contributed by atoms with Crippen LogP contribution < -0.4 is 11.1 Å². The van der Waals surface area contributed by atoms with Gasteiger partial charge in [0.1, 0.15) is 13.2 Å². The third-order valence-electron chi connectivity index (χ3n) is 5.99. The molecule has 0 aliphatic carbocycles. The quantitative estimate of drug-likeness (QED) is 0.123. The Bertz CT molecular complexity index is 1280. The van der Waals surface area contributed by atoms with Crippen LogP contribution in [0.5, 0.6) is 0 Å². The number of halogens is 1. The van der Waals surface area contributed by atoms with E-state index in [4.69, 9.17) is 15.2 Å². The minimum absolute atomic E-state index is 0.0817. The predicted molar refractivity (Wildman–Crippen MR) is 151 cm³/mol. The van der Waals surface area contributed by atoms with Crippen molar-refractivity contribution in [3.8, 4) is 0 Å². The van der Waals surface area contributed by atoms with E-state index < -0.39 is 17.9 Å². The zero-order valence-corrected chi connectivity index (χ0v) is 23.4. The maximum absolute atomic E-state index is 12.8. The number of nitrogens with one attached hydrogen (secondary N) is 1. The van der Waals surface area contributed by atoms with Gasteiger partial charge in [-0.2, -0.15) is 0 Å². The smallest absolute Gasteiger partial charge is 0.338 e. The van der Waals surface area contributed by atoms with Gasteiger partial charge in [0.05, 0.1) is 17.2 Å². The van der Waals surface area contributed by atoms with Crippen molar-refractivity contribution >= 4 is 39.3 Å². The highest BCUT2D eigenvalue weighted by atomic mass is 79.9. The summed E-state index contributed by atoms with van der Waals surface area (Å²) in [5, 5.41) is 3.28. The second kappa shape index (κ2) is 13.9. The number of rotatable bonds is 12. The molecule has 3 aromatic rings. The lowest BCUT2D eigenvalue weighted by Gasteiger charge is -2.16. The second-order valence-corrected chi connectivity index (χ2v) is 10.0. The predicted octanol–water partition coefficient (Wildman–Crippen LogP) is 5.65. The molecular formula is C30H33BrN2O5. The Kier molecular flexibility index (Phi) is 10.6. The van der Waals surface area contributed by atoms with Crippen LogP contribution in [0.25, 0.3) is 0 Å². The van der Waals surface area contributed by atoms with E-state index in [9.17, 15) is 14.4 Å². The summed E-state index contributed by atoms with van der Waals surface area (Å²) in [6.07, 6.45) is 0.494. The lowest BCUT2D eigenvalue weighted by Crippen LogP contribution is -2.23. The van der Waals surface area contributed by atoms with Crippen molar-refractivity contribution in [3.05, 3.63) is 99.0 Å². The highest BCUT2D eigenvalue weighted by molar-refractivity contribution is 9.10. The number of esters is 2. The largest absolute Gasteiger partial charge is 0.462 e. The number of ketones is 1. The first kappa shape index (κ1) is 29.1. The Morgan fingerprint density at radius 3 is 2.26 bits per heavy atom. The van der Waals surface area contributed by atoms with E-state index in [1.165, 1.54) is 0 Å². The molecule has 1 atom stereocenters. The number of hydrogen-bond acceptors (Lipinski definition) is 7. The fourth-order valence-corrected chi connectivity index (χ4v) is 4.41. The summed E-state index contributed by atoms with van der Waals surface area (Å²) in [4.78, 5) is 38.2. The molecule has 8 heteroatoms. The summed E-state index contributed by atoms with van der Waals surface area (Å²) in [6, 6.07) is 19.6. The van der Waals surface area contributed by atoms with E-state index in [1.807, 2.05) is 45.0 Å². The molecule has 0 aliphatic rings. The number of benzene rings is 3. The van der Waals surface area contributed by atoms with Crippen LogP contribution in [0.4, 0.5) is 5.69 Å². The van der Waals surface area contributed by atoms with Gasteiger partial charge in [-0.1, -0.05) is 69.3 Å². The van der Waals surface area contributed by atoms with E-state index >= 15 is 0 Å². The topological polar surface area (TPSA) is 108 Å². The molecule has 0 fully saturated rings. The Balaban J connectivity index is 1.57. The molecule has 200 valence electrons. The molecule has 0 radical (unpaired) electrons. The fraction of sp³-hybridized carbons (Fsp3) is 0.300. The summed E-state index contributed by atoms with van der Waals surface area (Å²) < 4.78 is 11.4. The Labute approximate surface area is 231 Å². The number of nitrogen functional groups attached to an aromatic ring is 1. The first-order chi connectivity index (χ1) is 18.2. The van der Waals surface area contributed by atoms with E-state index in [0.29, 0.717) is 45.4 Å². The van der Waals surface area contributed by atoms with E-state index in [0.717, 1.165) is 5.56 Å². The normalized spacial score (nSPS) is 11.7. The molecule has 1 unspecified atom stereocenters. The van der Waals surface area contributed by atoms with Crippen LogP contribution in [-0.4, -0.2) is 37.0 Å². The van der Waals surface area contributed by atoms with Gasteiger partial charge in [0, 0.05) is 28.2 Å². The molecule has 3 rings (SSSR count). The molecule has 3 N–H and O–H groups in total. The van der Waals surface area contributed by atoms with Crippen molar-refractivity contribution in [1.82, 2.24) is 5.32 Å². The van der Waals surface area contributed by atoms with Gasteiger partial charge in [-0.15, -0.1) is 0 Å². The van der Waals surface area contributed by atoms with Gasteiger partial charge in [0.25, 0.3) is 0 Å². The number of nitrogens with two attached hydrogens (primary N) is 1. The van der Waals surface area contributed by atoms with Crippen LogP contribution in [0.1, 0.15) is 70.5 Å². The van der Waals surface area contributed by atoms with Gasteiger partial charge in [-0.05, 0) is 51.7 Å². The monoisotopic (exact) mass is 580 g/mol. The lowest BCUT2D eigenvalue weighted by atomic mass is 9.93. The molecule has 3 aromatic carbocycles. The van der Waals surface area contributed by atoms with Gasteiger partial charge in [0.15, 0.2) is 5.78 Å². The summed E-state index contributed by atoms with van der Waals surface area (Å²) in [5.41, 5.74) is 9.60. The number of ether oxygens (including phenoxy) is 2. The van der Waals surface area contributed by atoms with Gasteiger partial charge >= 0.3 is 11.9 Å². The first-order valence-corrected chi connectivity index (χ1v) is 13.3. The second-order valence-electron chi connectivity index (χ2n) is 9.15. The van der Waals surface area contributed by atoms with E-state index in [-0.39, 0.29) is 25.0 Å². The summed E-state index contributed by atoms with van der Waals surface area (Å²) in [5.74, 6) is -1.63. The molecule has 0 saturated carbocycles. The van der Waals surface area contributed by atoms with E-state index in [1.54, 1.807) is 42.5 Å². The van der Waals surface area contributed by atoms with Crippen LogP contribution in [0.15, 0.2) is 71.2 Å². The third-order valence-corrected chi connectivity index (χ3v) is 6.65. The summed E-state index contributed by atoms with van der Waals surface area (Å²) in [6.45, 7) is 6.26.